The normalized spacial score (nSPS) is 15.8. The molecule has 1 saturated carbocycles. The van der Waals surface area contributed by atoms with Gasteiger partial charge in [0.25, 0.3) is 0 Å². The maximum atomic E-state index is 13.3. The fourth-order valence-electron chi connectivity index (χ4n) is 4.07. The molecule has 1 aliphatic heterocycles. The van der Waals surface area contributed by atoms with E-state index in [4.69, 9.17) is 19.9 Å². The minimum atomic E-state index is -0.215. The number of fused-ring (bicyclic) bond motifs is 1. The number of amidine groups is 1. The minimum absolute atomic E-state index is 0.0471. The predicted octanol–water partition coefficient (Wildman–Crippen LogP) is 4.69. The molecule has 2 aliphatic rings. The fraction of sp³-hybridized carbons (Fsp3) is 0.480. The summed E-state index contributed by atoms with van der Waals surface area (Å²) in [7, 11) is 1.63. The number of carbonyl (C=O) groups is 1. The Morgan fingerprint density at radius 3 is 2.61 bits per heavy atom. The van der Waals surface area contributed by atoms with Gasteiger partial charge in [-0.15, -0.1) is 0 Å². The molecule has 2 aromatic rings. The Kier molecular flexibility index (Phi) is 5.50. The van der Waals surface area contributed by atoms with Gasteiger partial charge in [-0.05, 0) is 43.4 Å². The number of nitrogens with zero attached hydrogens (tertiary/aromatic N) is 2. The number of benzene rings is 1. The van der Waals surface area contributed by atoms with Crippen LogP contribution < -0.4 is 9.47 Å². The van der Waals surface area contributed by atoms with Crippen molar-refractivity contribution in [2.45, 2.75) is 58.4 Å². The second-order valence-electron chi connectivity index (χ2n) is 9.38. The average Bonchev–Trinajstić information content (AvgIpc) is 3.53. The first-order valence-corrected chi connectivity index (χ1v) is 10.9. The van der Waals surface area contributed by atoms with Crippen molar-refractivity contribution in [1.82, 2.24) is 9.88 Å². The van der Waals surface area contributed by atoms with E-state index in [0.717, 1.165) is 22.5 Å². The molecule has 1 aliphatic carbocycles. The third-order valence-corrected chi connectivity index (χ3v) is 5.92. The molecular weight excluding hydrogens is 390 g/mol. The molecule has 0 saturated heterocycles. The Hall–Kier alpha value is -2.89. The lowest BCUT2D eigenvalue weighted by Gasteiger charge is -2.25. The lowest BCUT2D eigenvalue weighted by atomic mass is 9.84. The number of ether oxygens (including phenoxy) is 2. The number of rotatable bonds is 7. The highest BCUT2D eigenvalue weighted by Crippen LogP contribution is 2.41. The van der Waals surface area contributed by atoms with Crippen LogP contribution in [0.5, 0.6) is 11.5 Å². The summed E-state index contributed by atoms with van der Waals surface area (Å²) in [5.74, 6) is 2.08. The standard InChI is InChI=1S/C25H31N3O3/c1-6-31-21-12-17(11-18(23(21)30-5)25(2,3)4)20(29)14-28-13-16-9-10-19(15-7-8-15)27-22(16)24(28)26/h9-12,15,26H,6-8,13-14H2,1-5H3. The molecule has 0 atom stereocenters. The number of hydrogen-bond acceptors (Lipinski definition) is 5. The minimum Gasteiger partial charge on any atom is -0.493 e. The summed E-state index contributed by atoms with van der Waals surface area (Å²) in [6.07, 6.45) is 2.36. The molecule has 164 valence electrons. The Balaban J connectivity index is 1.59. The molecule has 4 rings (SSSR count). The SMILES string of the molecule is CCOc1cc(C(=O)CN2Cc3ccc(C4CC4)nc3C2=N)cc(C(C)(C)C)c1OC. The monoisotopic (exact) mass is 421 g/mol. The van der Waals surface area contributed by atoms with Crippen molar-refractivity contribution >= 4 is 11.6 Å². The van der Waals surface area contributed by atoms with E-state index in [1.807, 2.05) is 13.0 Å². The van der Waals surface area contributed by atoms with Crippen molar-refractivity contribution in [3.63, 3.8) is 0 Å². The van der Waals surface area contributed by atoms with Gasteiger partial charge in [0.2, 0.25) is 0 Å². The van der Waals surface area contributed by atoms with Gasteiger partial charge < -0.3 is 14.4 Å². The Morgan fingerprint density at radius 1 is 1.26 bits per heavy atom. The van der Waals surface area contributed by atoms with Crippen LogP contribution >= 0.6 is 0 Å². The molecule has 1 fully saturated rings. The Morgan fingerprint density at radius 2 is 2.00 bits per heavy atom. The van der Waals surface area contributed by atoms with Gasteiger partial charge in [-0.1, -0.05) is 26.8 Å². The van der Waals surface area contributed by atoms with Gasteiger partial charge in [0.15, 0.2) is 17.3 Å². The summed E-state index contributed by atoms with van der Waals surface area (Å²) in [6.45, 7) is 9.34. The van der Waals surface area contributed by atoms with Gasteiger partial charge in [-0.25, -0.2) is 4.98 Å². The van der Waals surface area contributed by atoms with Crippen LogP contribution in [0.1, 0.15) is 79.3 Å². The number of hydrogen-bond donors (Lipinski definition) is 1. The first kappa shape index (κ1) is 21.3. The molecule has 31 heavy (non-hydrogen) atoms. The molecule has 6 heteroatoms. The zero-order valence-corrected chi connectivity index (χ0v) is 19.0. The molecular formula is C25H31N3O3. The quantitative estimate of drug-likeness (QED) is 0.657. The topological polar surface area (TPSA) is 75.5 Å². The van der Waals surface area contributed by atoms with Crippen molar-refractivity contribution in [2.24, 2.45) is 0 Å². The van der Waals surface area contributed by atoms with Crippen LogP contribution in [-0.2, 0) is 12.0 Å². The largest absolute Gasteiger partial charge is 0.493 e. The first-order valence-electron chi connectivity index (χ1n) is 10.9. The molecule has 6 nitrogen and oxygen atoms in total. The molecule has 1 N–H and O–H groups in total. The van der Waals surface area contributed by atoms with Crippen molar-refractivity contribution in [3.8, 4) is 11.5 Å². The zero-order chi connectivity index (χ0) is 22.3. The highest BCUT2D eigenvalue weighted by atomic mass is 16.5. The molecule has 0 amide bonds. The van der Waals surface area contributed by atoms with E-state index in [-0.39, 0.29) is 17.7 Å². The van der Waals surface area contributed by atoms with Crippen LogP contribution in [-0.4, -0.2) is 41.8 Å². The third-order valence-electron chi connectivity index (χ3n) is 5.92. The smallest absolute Gasteiger partial charge is 0.182 e. The van der Waals surface area contributed by atoms with Crippen LogP contribution in [0.4, 0.5) is 0 Å². The van der Waals surface area contributed by atoms with E-state index in [1.54, 1.807) is 18.1 Å². The lowest BCUT2D eigenvalue weighted by molar-refractivity contribution is 0.0962. The molecule has 1 aromatic carbocycles. The number of Topliss-reactive ketones (excluding diaryl/α,β-unsaturated/α-hetero) is 1. The van der Waals surface area contributed by atoms with Crippen LogP contribution in [0.3, 0.4) is 0 Å². The highest BCUT2D eigenvalue weighted by Gasteiger charge is 2.32. The number of pyridine rings is 1. The van der Waals surface area contributed by atoms with Crippen LogP contribution in [0.15, 0.2) is 24.3 Å². The molecule has 2 heterocycles. The number of methoxy groups -OCH3 is 1. The van der Waals surface area contributed by atoms with E-state index in [2.05, 4.69) is 32.9 Å². The van der Waals surface area contributed by atoms with E-state index < -0.39 is 0 Å². The molecule has 0 radical (unpaired) electrons. The van der Waals surface area contributed by atoms with Gasteiger partial charge in [0.05, 0.1) is 20.3 Å². The van der Waals surface area contributed by atoms with Crippen molar-refractivity contribution < 1.29 is 14.3 Å². The van der Waals surface area contributed by atoms with E-state index in [1.165, 1.54) is 12.8 Å². The maximum absolute atomic E-state index is 13.3. The summed E-state index contributed by atoms with van der Waals surface area (Å²) in [4.78, 5) is 19.8. The molecule has 0 unspecified atom stereocenters. The second kappa shape index (κ2) is 7.98. The van der Waals surface area contributed by atoms with Crippen molar-refractivity contribution in [2.75, 3.05) is 20.3 Å². The van der Waals surface area contributed by atoms with Crippen LogP contribution in [0.25, 0.3) is 0 Å². The van der Waals surface area contributed by atoms with Gasteiger partial charge in [-0.2, -0.15) is 0 Å². The number of ketones is 1. The van der Waals surface area contributed by atoms with Gasteiger partial charge in [0, 0.05) is 34.8 Å². The summed E-state index contributed by atoms with van der Waals surface area (Å²) >= 11 is 0. The molecule has 1 aromatic heterocycles. The number of carbonyl (C=O) groups excluding carboxylic acids is 1. The Labute approximate surface area is 184 Å². The van der Waals surface area contributed by atoms with E-state index >= 15 is 0 Å². The van der Waals surface area contributed by atoms with Gasteiger partial charge in [-0.3, -0.25) is 10.2 Å². The zero-order valence-electron chi connectivity index (χ0n) is 19.0. The lowest BCUT2D eigenvalue weighted by Crippen LogP contribution is -2.30. The predicted molar refractivity (Wildman–Crippen MR) is 121 cm³/mol. The van der Waals surface area contributed by atoms with Crippen LogP contribution in [0.2, 0.25) is 0 Å². The van der Waals surface area contributed by atoms with E-state index in [9.17, 15) is 4.79 Å². The summed E-state index contributed by atoms with van der Waals surface area (Å²) in [5, 5.41) is 8.58. The summed E-state index contributed by atoms with van der Waals surface area (Å²) in [5.41, 5.74) is 4.10. The number of aromatic nitrogens is 1. The van der Waals surface area contributed by atoms with E-state index in [0.29, 0.717) is 42.0 Å². The van der Waals surface area contributed by atoms with Crippen LogP contribution in [0, 0.1) is 5.41 Å². The van der Waals surface area contributed by atoms with Crippen molar-refractivity contribution in [3.05, 3.63) is 52.3 Å². The average molecular weight is 422 g/mol. The van der Waals surface area contributed by atoms with Crippen molar-refractivity contribution in [1.29, 1.82) is 5.41 Å². The highest BCUT2D eigenvalue weighted by molar-refractivity contribution is 6.04. The third kappa shape index (κ3) is 4.16. The molecule has 0 spiro atoms. The maximum Gasteiger partial charge on any atom is 0.182 e. The van der Waals surface area contributed by atoms with Gasteiger partial charge >= 0.3 is 0 Å². The van der Waals surface area contributed by atoms with Gasteiger partial charge in [0.1, 0.15) is 11.5 Å². The Bertz CT molecular complexity index is 1040. The summed E-state index contributed by atoms with van der Waals surface area (Å²) < 4.78 is 11.4. The first-order chi connectivity index (χ1) is 14.7. The number of nitrogens with one attached hydrogen (secondary N) is 1. The molecule has 0 bridgehead atoms. The fourth-order valence-corrected chi connectivity index (χ4v) is 4.07. The second-order valence-corrected chi connectivity index (χ2v) is 9.38. The summed E-state index contributed by atoms with van der Waals surface area (Å²) in [6, 6.07) is 7.80.